The fraction of sp³-hybridized carbons (Fsp3) is 0.350. The zero-order chi connectivity index (χ0) is 21.8. The van der Waals surface area contributed by atoms with Gasteiger partial charge in [-0.05, 0) is 62.2 Å². The van der Waals surface area contributed by atoms with Crippen molar-refractivity contribution >= 4 is 44.8 Å². The molecule has 1 amide bonds. The van der Waals surface area contributed by atoms with Crippen molar-refractivity contribution in [1.29, 1.82) is 0 Å². The number of hydrogen-bond donors (Lipinski definition) is 1. The average molecular weight is 459 g/mol. The summed E-state index contributed by atoms with van der Waals surface area (Å²) >= 11 is 12.1. The maximum absolute atomic E-state index is 12.6. The van der Waals surface area contributed by atoms with Crippen LogP contribution >= 0.6 is 23.2 Å². The Morgan fingerprint density at radius 1 is 1.14 bits per heavy atom. The van der Waals surface area contributed by atoms with Crippen molar-refractivity contribution in [2.24, 2.45) is 0 Å². The molecule has 9 heteroatoms. The molecule has 0 aromatic heterocycles. The van der Waals surface area contributed by atoms with Gasteiger partial charge >= 0.3 is 0 Å². The highest BCUT2D eigenvalue weighted by Gasteiger charge is 2.30. The number of carbonyl (C=O) groups excluding carboxylic acids is 1. The minimum Gasteiger partial charge on any atom is -0.492 e. The lowest BCUT2D eigenvalue weighted by molar-refractivity contribution is -0.121. The summed E-state index contributed by atoms with van der Waals surface area (Å²) in [5.41, 5.74) is 2.32. The molecule has 0 heterocycles. The number of rotatable bonds is 8. The van der Waals surface area contributed by atoms with Crippen LogP contribution in [0.2, 0.25) is 10.0 Å². The van der Waals surface area contributed by atoms with Crippen LogP contribution in [-0.4, -0.2) is 39.8 Å². The van der Waals surface area contributed by atoms with E-state index in [2.05, 4.69) is 5.32 Å². The third kappa shape index (κ3) is 6.52. The molecule has 0 bridgehead atoms. The molecule has 158 valence electrons. The first-order chi connectivity index (χ1) is 13.5. The number of amides is 1. The van der Waals surface area contributed by atoms with E-state index in [9.17, 15) is 13.2 Å². The Labute approximate surface area is 181 Å². The molecule has 0 aliphatic rings. The molecule has 0 saturated heterocycles. The van der Waals surface area contributed by atoms with Crippen LogP contribution in [0.4, 0.5) is 5.69 Å². The average Bonchev–Trinajstić information content (AvgIpc) is 2.59. The number of ether oxygens (including phenoxy) is 1. The molecule has 29 heavy (non-hydrogen) atoms. The Balaban J connectivity index is 2.05. The van der Waals surface area contributed by atoms with E-state index in [1.54, 1.807) is 6.07 Å². The molecule has 0 saturated carbocycles. The molecule has 6 nitrogen and oxygen atoms in total. The minimum atomic E-state index is -3.79. The Morgan fingerprint density at radius 3 is 2.34 bits per heavy atom. The molecule has 0 spiro atoms. The number of halogens is 2. The van der Waals surface area contributed by atoms with Gasteiger partial charge in [-0.1, -0.05) is 29.3 Å². The molecule has 2 rings (SSSR count). The first-order valence-corrected chi connectivity index (χ1v) is 11.5. The third-order valence-electron chi connectivity index (χ3n) is 4.10. The largest absolute Gasteiger partial charge is 0.492 e. The van der Waals surface area contributed by atoms with E-state index in [1.165, 1.54) is 19.1 Å². The molecule has 2 aromatic rings. The van der Waals surface area contributed by atoms with Gasteiger partial charge in [0, 0.05) is 5.02 Å². The summed E-state index contributed by atoms with van der Waals surface area (Å²) in [7, 11) is -3.79. The predicted molar refractivity (Wildman–Crippen MR) is 118 cm³/mol. The van der Waals surface area contributed by atoms with Crippen molar-refractivity contribution in [3.8, 4) is 5.75 Å². The highest BCUT2D eigenvalue weighted by Crippen LogP contribution is 2.32. The predicted octanol–water partition coefficient (Wildman–Crippen LogP) is 3.96. The van der Waals surface area contributed by atoms with Gasteiger partial charge in [-0.25, -0.2) is 8.42 Å². The van der Waals surface area contributed by atoms with Crippen molar-refractivity contribution in [3.05, 3.63) is 57.6 Å². The van der Waals surface area contributed by atoms with Crippen LogP contribution in [0.3, 0.4) is 0 Å². The molecular weight excluding hydrogens is 435 g/mol. The lowest BCUT2D eigenvalue weighted by Crippen LogP contribution is -2.48. The quantitative estimate of drug-likeness (QED) is 0.607. The van der Waals surface area contributed by atoms with Crippen LogP contribution < -0.4 is 14.4 Å². The van der Waals surface area contributed by atoms with E-state index in [-0.39, 0.29) is 23.9 Å². The summed E-state index contributed by atoms with van der Waals surface area (Å²) in [6.07, 6.45) is 1.01. The van der Waals surface area contributed by atoms with E-state index in [0.29, 0.717) is 10.8 Å². The Morgan fingerprint density at radius 2 is 1.76 bits per heavy atom. The minimum absolute atomic E-state index is 0.149. The van der Waals surface area contributed by atoms with Gasteiger partial charge < -0.3 is 10.1 Å². The lowest BCUT2D eigenvalue weighted by atomic mass is 10.1. The highest BCUT2D eigenvalue weighted by molar-refractivity contribution is 7.92. The van der Waals surface area contributed by atoms with Crippen molar-refractivity contribution in [2.45, 2.75) is 26.8 Å². The smallest absolute Gasteiger partial charge is 0.243 e. The second-order valence-electron chi connectivity index (χ2n) is 6.79. The van der Waals surface area contributed by atoms with Crippen LogP contribution in [0.15, 0.2) is 36.4 Å². The number of carbonyl (C=O) groups is 1. The summed E-state index contributed by atoms with van der Waals surface area (Å²) in [4.78, 5) is 12.6. The van der Waals surface area contributed by atoms with Gasteiger partial charge in [-0.15, -0.1) is 0 Å². The van der Waals surface area contributed by atoms with E-state index < -0.39 is 22.0 Å². The molecule has 1 N–H and O–H groups in total. The van der Waals surface area contributed by atoms with Crippen LogP contribution in [0.25, 0.3) is 0 Å². The highest BCUT2D eigenvalue weighted by atomic mass is 35.5. The van der Waals surface area contributed by atoms with E-state index in [4.69, 9.17) is 27.9 Å². The molecule has 0 fully saturated rings. The molecule has 0 aliphatic carbocycles. The van der Waals surface area contributed by atoms with Crippen LogP contribution in [0.5, 0.6) is 5.75 Å². The number of nitrogens with zero attached hydrogens (tertiary/aromatic N) is 1. The van der Waals surface area contributed by atoms with Gasteiger partial charge in [0.2, 0.25) is 15.9 Å². The van der Waals surface area contributed by atoms with Crippen LogP contribution in [-0.2, 0) is 14.8 Å². The fourth-order valence-corrected chi connectivity index (χ4v) is 4.55. The summed E-state index contributed by atoms with van der Waals surface area (Å²) in [5, 5.41) is 3.18. The summed E-state index contributed by atoms with van der Waals surface area (Å²) in [6.45, 7) is 5.90. The van der Waals surface area contributed by atoms with E-state index in [1.807, 2.05) is 32.0 Å². The number of hydrogen-bond acceptors (Lipinski definition) is 4. The van der Waals surface area contributed by atoms with Gasteiger partial charge in [-0.2, -0.15) is 0 Å². The maximum Gasteiger partial charge on any atom is 0.243 e. The number of nitrogens with one attached hydrogen (secondary N) is 1. The van der Waals surface area contributed by atoms with E-state index >= 15 is 0 Å². The summed E-state index contributed by atoms with van der Waals surface area (Å²) in [6, 6.07) is 9.27. The molecule has 2 aromatic carbocycles. The SMILES string of the molecule is Cc1cc(C)cc(OCCNC(=O)[C@H](C)N(c2cc(Cl)ccc2Cl)S(C)(=O)=O)c1. The standard InChI is InChI=1S/C20H24Cl2N2O4S/c1-13-9-14(2)11-17(10-13)28-8-7-23-20(25)15(3)24(29(4,26)27)19-12-16(21)5-6-18(19)22/h5-6,9-12,15H,7-8H2,1-4H3,(H,23,25)/t15-/m0/s1. The Hall–Kier alpha value is -1.96. The van der Waals surface area contributed by atoms with Gasteiger partial charge in [0.15, 0.2) is 0 Å². The van der Waals surface area contributed by atoms with Crippen molar-refractivity contribution < 1.29 is 17.9 Å². The maximum atomic E-state index is 12.6. The molecule has 0 aliphatic heterocycles. The number of benzene rings is 2. The van der Waals surface area contributed by atoms with Gasteiger partial charge in [-0.3, -0.25) is 9.10 Å². The first kappa shape index (κ1) is 23.3. The first-order valence-electron chi connectivity index (χ1n) is 8.92. The Kier molecular flexibility index (Phi) is 7.80. The molecular formula is C20H24Cl2N2O4S. The topological polar surface area (TPSA) is 75.7 Å². The van der Waals surface area contributed by atoms with Gasteiger partial charge in [0.25, 0.3) is 0 Å². The molecule has 0 unspecified atom stereocenters. The van der Waals surface area contributed by atoms with Crippen molar-refractivity contribution in [2.75, 3.05) is 23.7 Å². The zero-order valence-electron chi connectivity index (χ0n) is 16.7. The second kappa shape index (κ2) is 9.69. The summed E-state index contributed by atoms with van der Waals surface area (Å²) in [5.74, 6) is 0.240. The zero-order valence-corrected chi connectivity index (χ0v) is 19.0. The van der Waals surface area contributed by atoms with Gasteiger partial charge in [0.05, 0.1) is 23.5 Å². The normalized spacial score (nSPS) is 12.3. The van der Waals surface area contributed by atoms with Gasteiger partial charge in [0.1, 0.15) is 18.4 Å². The monoisotopic (exact) mass is 458 g/mol. The number of anilines is 1. The number of aryl methyl sites for hydroxylation is 2. The molecule has 1 atom stereocenters. The third-order valence-corrected chi connectivity index (χ3v) is 5.88. The van der Waals surface area contributed by atoms with E-state index in [0.717, 1.165) is 21.7 Å². The lowest BCUT2D eigenvalue weighted by Gasteiger charge is -2.29. The van der Waals surface area contributed by atoms with Crippen LogP contribution in [0, 0.1) is 13.8 Å². The van der Waals surface area contributed by atoms with Crippen LogP contribution in [0.1, 0.15) is 18.1 Å². The molecule has 0 radical (unpaired) electrons. The fourth-order valence-electron chi connectivity index (χ4n) is 2.94. The van der Waals surface area contributed by atoms with Crippen molar-refractivity contribution in [3.63, 3.8) is 0 Å². The second-order valence-corrected chi connectivity index (χ2v) is 9.50. The number of sulfonamides is 1. The van der Waals surface area contributed by atoms with Crippen molar-refractivity contribution in [1.82, 2.24) is 5.32 Å². The Bertz CT molecular complexity index is 976. The summed E-state index contributed by atoms with van der Waals surface area (Å²) < 4.78 is 31.3.